The highest BCUT2D eigenvalue weighted by molar-refractivity contribution is 8.00. The van der Waals surface area contributed by atoms with Crippen LogP contribution in [0.5, 0.6) is 0 Å². The van der Waals surface area contributed by atoms with Crippen molar-refractivity contribution in [3.8, 4) is 0 Å². The predicted molar refractivity (Wildman–Crippen MR) is 157 cm³/mol. The molecule has 1 saturated carbocycles. The van der Waals surface area contributed by atoms with Crippen molar-refractivity contribution >= 4 is 56.7 Å². The van der Waals surface area contributed by atoms with Crippen LogP contribution >= 0.6 is 34.7 Å². The second kappa shape index (κ2) is 12.7. The van der Waals surface area contributed by atoms with Crippen LogP contribution in [0.4, 0.5) is 0 Å². The molecule has 1 N–H and O–H groups in total. The molecule has 2 amide bonds. The molecule has 1 fully saturated rings. The summed E-state index contributed by atoms with van der Waals surface area (Å²) >= 11 is 8.63. The summed E-state index contributed by atoms with van der Waals surface area (Å²) in [7, 11) is 3.39. The molecule has 0 spiro atoms. The van der Waals surface area contributed by atoms with Gasteiger partial charge < -0.3 is 10.2 Å². The summed E-state index contributed by atoms with van der Waals surface area (Å²) in [6.07, 6.45) is 6.75. The lowest BCUT2D eigenvalue weighted by Gasteiger charge is -2.25. The molecule has 0 saturated heterocycles. The van der Waals surface area contributed by atoms with E-state index < -0.39 is 0 Å². The fourth-order valence-corrected chi connectivity index (χ4v) is 7.19. The number of thiophene rings is 1. The van der Waals surface area contributed by atoms with E-state index in [4.69, 9.17) is 16.6 Å². The number of carbonyl (C=O) groups excluding carboxylic acids is 2. The molecule has 3 aromatic rings. The molecule has 10 heteroatoms. The highest BCUT2D eigenvalue weighted by Crippen LogP contribution is 2.32. The topological polar surface area (TPSA) is 84.3 Å². The van der Waals surface area contributed by atoms with Crippen molar-refractivity contribution in [1.82, 2.24) is 19.8 Å². The third-order valence-corrected chi connectivity index (χ3v) is 9.80. The van der Waals surface area contributed by atoms with Crippen molar-refractivity contribution in [2.75, 3.05) is 14.1 Å². The van der Waals surface area contributed by atoms with Crippen molar-refractivity contribution in [1.29, 1.82) is 0 Å². The Kier molecular flexibility index (Phi) is 9.54. The Bertz CT molecular complexity index is 1360. The fraction of sp³-hybridized carbons (Fsp3) is 0.500. The number of halogens is 1. The lowest BCUT2D eigenvalue weighted by Crippen LogP contribution is -2.41. The molecule has 2 heterocycles. The lowest BCUT2D eigenvalue weighted by atomic mass is 9.95. The highest BCUT2D eigenvalue weighted by atomic mass is 35.5. The zero-order valence-electron chi connectivity index (χ0n) is 22.4. The van der Waals surface area contributed by atoms with E-state index in [0.29, 0.717) is 50.2 Å². The maximum absolute atomic E-state index is 13.9. The lowest BCUT2D eigenvalue weighted by molar-refractivity contribution is -0.121. The quantitative estimate of drug-likeness (QED) is 0.262. The van der Waals surface area contributed by atoms with Gasteiger partial charge in [0.15, 0.2) is 5.16 Å². The van der Waals surface area contributed by atoms with Gasteiger partial charge in [0.1, 0.15) is 4.83 Å². The first-order valence-corrected chi connectivity index (χ1v) is 15.2. The average molecular weight is 575 g/mol. The minimum atomic E-state index is -0.369. The van der Waals surface area contributed by atoms with Gasteiger partial charge in [-0.15, -0.1) is 11.3 Å². The number of rotatable bonds is 9. The van der Waals surface area contributed by atoms with E-state index in [0.717, 1.165) is 31.2 Å². The molecule has 1 aliphatic rings. The Labute approximate surface area is 237 Å². The molecular formula is C28H35ClN4O3S2. The number of aryl methyl sites for hydroxylation is 2. The van der Waals surface area contributed by atoms with E-state index >= 15 is 0 Å². The number of benzene rings is 1. The van der Waals surface area contributed by atoms with Gasteiger partial charge in [-0.3, -0.25) is 19.0 Å². The number of fused-ring (bicyclic) bond motifs is 1. The summed E-state index contributed by atoms with van der Waals surface area (Å²) in [5.41, 5.74) is 1.52. The number of nitrogens with zero attached hydrogens (tertiary/aromatic N) is 3. The Morgan fingerprint density at radius 2 is 1.89 bits per heavy atom. The van der Waals surface area contributed by atoms with Crippen molar-refractivity contribution in [2.45, 2.75) is 81.8 Å². The molecule has 0 bridgehead atoms. The Hall–Kier alpha value is -2.36. The summed E-state index contributed by atoms with van der Waals surface area (Å²) in [6, 6.07) is 7.78. The summed E-state index contributed by atoms with van der Waals surface area (Å²) < 4.78 is 1.67. The van der Waals surface area contributed by atoms with Crippen LogP contribution in [-0.4, -0.2) is 51.7 Å². The molecule has 0 radical (unpaired) electrons. The Morgan fingerprint density at radius 1 is 1.21 bits per heavy atom. The molecular weight excluding hydrogens is 540 g/mol. The molecule has 1 atom stereocenters. The van der Waals surface area contributed by atoms with E-state index in [1.807, 2.05) is 38.1 Å². The number of hydrogen-bond donors (Lipinski definition) is 1. The molecule has 1 aliphatic carbocycles. The Morgan fingerprint density at radius 3 is 2.53 bits per heavy atom. The maximum atomic E-state index is 13.9. The molecule has 0 unspecified atom stereocenters. The smallest absolute Gasteiger partial charge is 0.263 e. The van der Waals surface area contributed by atoms with Crippen LogP contribution in [-0.2, 0) is 17.8 Å². The van der Waals surface area contributed by atoms with Crippen LogP contribution in [0.3, 0.4) is 0 Å². The van der Waals surface area contributed by atoms with Crippen molar-refractivity contribution < 1.29 is 9.59 Å². The summed E-state index contributed by atoms with van der Waals surface area (Å²) in [6.45, 7) is 4.19. The predicted octanol–water partition coefficient (Wildman–Crippen LogP) is 5.68. The van der Waals surface area contributed by atoms with Crippen LogP contribution in [0.25, 0.3) is 10.2 Å². The zero-order valence-corrected chi connectivity index (χ0v) is 24.8. The van der Waals surface area contributed by atoms with Gasteiger partial charge in [-0.25, -0.2) is 4.98 Å². The standard InChI is InChI=1S/C28H35ClN4O3S2/c1-5-21(24(34)30-20-9-7-6-8-10-20)37-28-31-25-22(17(2)23(38-25)27(36)32(3)4)26(35)33(28)16-15-18-11-13-19(29)14-12-18/h11-14,20-21H,5-10,15-16H2,1-4H3,(H,30,34)/t21-/m0/s1. The van der Waals surface area contributed by atoms with E-state index in [1.165, 1.54) is 34.4 Å². The van der Waals surface area contributed by atoms with Gasteiger partial charge in [-0.2, -0.15) is 0 Å². The Balaban J connectivity index is 1.70. The van der Waals surface area contributed by atoms with Crippen LogP contribution in [0.1, 0.15) is 66.2 Å². The van der Waals surface area contributed by atoms with Crippen LogP contribution in [0.15, 0.2) is 34.2 Å². The maximum Gasteiger partial charge on any atom is 0.263 e. The SMILES string of the molecule is CC[C@H](Sc1nc2sc(C(=O)N(C)C)c(C)c2c(=O)n1CCc1ccc(Cl)cc1)C(=O)NC1CCCCC1. The van der Waals surface area contributed by atoms with Gasteiger partial charge >= 0.3 is 0 Å². The molecule has 204 valence electrons. The van der Waals surface area contributed by atoms with Gasteiger partial charge in [-0.05, 0) is 55.9 Å². The van der Waals surface area contributed by atoms with E-state index in [2.05, 4.69) is 5.32 Å². The van der Waals surface area contributed by atoms with Crippen molar-refractivity contribution in [3.05, 3.63) is 55.6 Å². The molecule has 7 nitrogen and oxygen atoms in total. The van der Waals surface area contributed by atoms with Gasteiger partial charge in [0, 0.05) is 31.7 Å². The second-order valence-electron chi connectivity index (χ2n) is 10.0. The largest absolute Gasteiger partial charge is 0.352 e. The van der Waals surface area contributed by atoms with Crippen LogP contribution < -0.4 is 10.9 Å². The zero-order chi connectivity index (χ0) is 27.4. The minimum Gasteiger partial charge on any atom is -0.352 e. The van der Waals surface area contributed by atoms with E-state index in [1.54, 1.807) is 18.7 Å². The number of carbonyl (C=O) groups is 2. The van der Waals surface area contributed by atoms with Crippen LogP contribution in [0, 0.1) is 6.92 Å². The van der Waals surface area contributed by atoms with E-state index in [-0.39, 0.29) is 28.7 Å². The number of aromatic nitrogens is 2. The highest BCUT2D eigenvalue weighted by Gasteiger charge is 2.27. The summed E-state index contributed by atoms with van der Waals surface area (Å²) in [5, 5.41) is 4.50. The summed E-state index contributed by atoms with van der Waals surface area (Å²) in [4.78, 5) is 47.3. The third-order valence-electron chi connectivity index (χ3n) is 7.02. The molecule has 0 aliphatic heterocycles. The van der Waals surface area contributed by atoms with Crippen LogP contribution in [0.2, 0.25) is 5.02 Å². The number of amides is 2. The first-order chi connectivity index (χ1) is 18.2. The third kappa shape index (κ3) is 6.43. The number of nitrogens with one attached hydrogen (secondary N) is 1. The van der Waals surface area contributed by atoms with E-state index in [9.17, 15) is 14.4 Å². The minimum absolute atomic E-state index is 0.00571. The molecule has 1 aromatic carbocycles. The number of hydrogen-bond acceptors (Lipinski definition) is 6. The molecule has 2 aromatic heterocycles. The van der Waals surface area contributed by atoms with Crippen molar-refractivity contribution in [2.24, 2.45) is 0 Å². The molecule has 38 heavy (non-hydrogen) atoms. The second-order valence-corrected chi connectivity index (χ2v) is 12.6. The summed E-state index contributed by atoms with van der Waals surface area (Å²) in [5.74, 6) is -0.154. The monoisotopic (exact) mass is 574 g/mol. The normalized spacial score (nSPS) is 15.0. The fourth-order valence-electron chi connectivity index (χ4n) is 4.77. The van der Waals surface area contributed by atoms with Crippen molar-refractivity contribution in [3.63, 3.8) is 0 Å². The van der Waals surface area contributed by atoms with Gasteiger partial charge in [-0.1, -0.05) is 61.7 Å². The molecule has 4 rings (SSSR count). The van der Waals surface area contributed by atoms with Gasteiger partial charge in [0.2, 0.25) is 5.91 Å². The number of thioether (sulfide) groups is 1. The van der Waals surface area contributed by atoms with Gasteiger partial charge in [0.25, 0.3) is 11.5 Å². The first-order valence-electron chi connectivity index (χ1n) is 13.2. The average Bonchev–Trinajstić information content (AvgIpc) is 3.23. The van der Waals surface area contributed by atoms with Gasteiger partial charge in [0.05, 0.1) is 15.5 Å². The first kappa shape index (κ1) is 28.6.